The third-order valence-corrected chi connectivity index (χ3v) is 2.94. The molecule has 0 aliphatic carbocycles. The maximum absolute atomic E-state index is 10.9. The van der Waals surface area contributed by atoms with Crippen LogP contribution in [0.4, 0.5) is 0 Å². The summed E-state index contributed by atoms with van der Waals surface area (Å²) in [5.74, 6) is -0.490. The molecule has 0 spiro atoms. The second-order valence-electron chi connectivity index (χ2n) is 4.03. The Hall–Kier alpha value is 0.0219. The van der Waals surface area contributed by atoms with E-state index in [1.165, 1.54) is 0 Å². The molecule has 2 aromatic carbocycles. The van der Waals surface area contributed by atoms with Gasteiger partial charge < -0.3 is 9.84 Å². The number of aliphatic carboxylic acids is 1. The molecule has 1 N–H and O–H groups in total. The molecule has 2 aromatic rings. The SMILES string of the molecule is COc1ccc2cc([C@H](C)C(=O)O)ccc2c1.[CsH]. The third-order valence-electron chi connectivity index (χ3n) is 2.94. The number of benzene rings is 2. The predicted octanol–water partition coefficient (Wildman–Crippen LogP) is 2.39. The zero-order valence-electron chi connectivity index (χ0n) is 9.81. The van der Waals surface area contributed by atoms with Crippen molar-refractivity contribution in [3.05, 3.63) is 42.0 Å². The van der Waals surface area contributed by atoms with Crippen molar-refractivity contribution in [2.75, 3.05) is 7.11 Å². The molecule has 0 aliphatic heterocycles. The van der Waals surface area contributed by atoms with E-state index in [4.69, 9.17) is 9.84 Å². The number of rotatable bonds is 3. The first kappa shape index (κ1) is 16.1. The monoisotopic (exact) mass is 364 g/mol. The second-order valence-corrected chi connectivity index (χ2v) is 4.03. The number of carboxylic acid groups (broad SMARTS) is 1. The van der Waals surface area contributed by atoms with Gasteiger partial charge in [-0.3, -0.25) is 4.79 Å². The zero-order valence-corrected chi connectivity index (χ0v) is 9.81. The fraction of sp³-hybridized carbons (Fsp3) is 0.214. The summed E-state index contributed by atoms with van der Waals surface area (Å²) in [5, 5.41) is 11.0. The number of fused-ring (bicyclic) bond motifs is 1. The van der Waals surface area contributed by atoms with Crippen LogP contribution in [0.2, 0.25) is 0 Å². The van der Waals surface area contributed by atoms with Crippen LogP contribution >= 0.6 is 0 Å². The summed E-state index contributed by atoms with van der Waals surface area (Å²) in [6, 6.07) is 11.4. The first-order valence-electron chi connectivity index (χ1n) is 5.42. The van der Waals surface area contributed by atoms with E-state index in [0.29, 0.717) is 0 Å². The van der Waals surface area contributed by atoms with E-state index in [1.54, 1.807) is 14.0 Å². The molecule has 4 heteroatoms. The van der Waals surface area contributed by atoms with E-state index >= 15 is 0 Å². The first-order chi connectivity index (χ1) is 8.11. The molecular weight excluding hydrogens is 349 g/mol. The molecule has 3 nitrogen and oxygen atoms in total. The molecule has 0 amide bonds. The number of hydrogen-bond donors (Lipinski definition) is 1. The summed E-state index contributed by atoms with van der Waals surface area (Å²) in [5.41, 5.74) is 0.815. The van der Waals surface area contributed by atoms with Crippen molar-refractivity contribution in [3.8, 4) is 5.75 Å². The topological polar surface area (TPSA) is 46.5 Å². The van der Waals surface area contributed by atoms with Gasteiger partial charge in [0.1, 0.15) is 5.75 Å². The van der Waals surface area contributed by atoms with Gasteiger partial charge >= 0.3 is 74.9 Å². The van der Waals surface area contributed by atoms with Crippen molar-refractivity contribution in [3.63, 3.8) is 0 Å². The summed E-state index contributed by atoms with van der Waals surface area (Å²) in [6.45, 7) is 1.69. The van der Waals surface area contributed by atoms with Gasteiger partial charge in [-0.2, -0.15) is 0 Å². The number of carboxylic acids is 1. The number of hydrogen-bond acceptors (Lipinski definition) is 2. The van der Waals surface area contributed by atoms with E-state index in [0.717, 1.165) is 22.1 Å². The Bertz CT molecular complexity index is 566. The Morgan fingerprint density at radius 2 is 1.78 bits per heavy atom. The van der Waals surface area contributed by atoms with Crippen LogP contribution in [0.15, 0.2) is 36.4 Å². The van der Waals surface area contributed by atoms with E-state index < -0.39 is 11.9 Å². The Kier molecular flexibility index (Phi) is 6.23. The van der Waals surface area contributed by atoms with Crippen LogP contribution < -0.4 is 4.74 Å². The maximum atomic E-state index is 10.9. The van der Waals surface area contributed by atoms with Gasteiger partial charge in [0.15, 0.2) is 0 Å². The molecule has 0 saturated carbocycles. The van der Waals surface area contributed by atoms with Crippen molar-refractivity contribution in [1.82, 2.24) is 0 Å². The average molecular weight is 364 g/mol. The Labute approximate surface area is 165 Å². The van der Waals surface area contributed by atoms with Gasteiger partial charge in [0.05, 0.1) is 13.0 Å². The summed E-state index contributed by atoms with van der Waals surface area (Å²) < 4.78 is 5.14. The van der Waals surface area contributed by atoms with Gasteiger partial charge in [-0.1, -0.05) is 24.3 Å². The molecule has 0 heterocycles. The predicted molar refractivity (Wildman–Crippen MR) is 73.7 cm³/mol. The summed E-state index contributed by atoms with van der Waals surface area (Å²) in [6.07, 6.45) is 0. The molecule has 18 heavy (non-hydrogen) atoms. The summed E-state index contributed by atoms with van der Waals surface area (Å²) in [7, 11) is 1.63. The fourth-order valence-electron chi connectivity index (χ4n) is 1.78. The number of ether oxygens (including phenoxy) is 1. The van der Waals surface area contributed by atoms with Gasteiger partial charge in [0.2, 0.25) is 0 Å². The summed E-state index contributed by atoms with van der Waals surface area (Å²) in [4.78, 5) is 10.9. The summed E-state index contributed by atoms with van der Waals surface area (Å²) >= 11 is 0. The van der Waals surface area contributed by atoms with Gasteiger partial charge in [-0.25, -0.2) is 0 Å². The molecule has 0 saturated heterocycles. The van der Waals surface area contributed by atoms with Gasteiger partial charge in [0, 0.05) is 0 Å². The Morgan fingerprint density at radius 1 is 1.17 bits per heavy atom. The second kappa shape index (κ2) is 6.98. The quantitative estimate of drug-likeness (QED) is 0.910. The van der Waals surface area contributed by atoms with Crippen LogP contribution in [-0.2, 0) is 4.79 Å². The minimum absolute atomic E-state index is 0. The molecule has 2 rings (SSSR count). The number of methoxy groups -OCH3 is 1. The van der Waals surface area contributed by atoms with E-state index in [1.807, 2.05) is 36.4 Å². The minimum atomic E-state index is -0.808. The van der Waals surface area contributed by atoms with Gasteiger partial charge in [-0.05, 0) is 35.4 Å². The van der Waals surface area contributed by atoms with Crippen molar-refractivity contribution < 1.29 is 14.6 Å². The molecule has 90 valence electrons. The zero-order chi connectivity index (χ0) is 12.4. The van der Waals surface area contributed by atoms with Crippen LogP contribution in [0.1, 0.15) is 18.4 Å². The van der Waals surface area contributed by atoms with Crippen molar-refractivity contribution in [1.29, 1.82) is 0 Å². The molecule has 0 fully saturated rings. The normalized spacial score (nSPS) is 11.7. The van der Waals surface area contributed by atoms with Crippen LogP contribution in [-0.4, -0.2) is 87.1 Å². The van der Waals surface area contributed by atoms with Gasteiger partial charge in [-0.15, -0.1) is 0 Å². The van der Waals surface area contributed by atoms with Crippen LogP contribution in [0.5, 0.6) is 5.75 Å². The van der Waals surface area contributed by atoms with Crippen LogP contribution in [0.25, 0.3) is 10.8 Å². The van der Waals surface area contributed by atoms with E-state index in [-0.39, 0.29) is 68.9 Å². The molecule has 0 aromatic heterocycles. The standard InChI is InChI=1S/C14H14O3.Cs.H/c1-9(14(15)16)10-3-4-12-8-13(17-2)6-5-11(12)7-10;;/h3-9H,1-2H3,(H,15,16);;/t9-;;/m0../s1. The Morgan fingerprint density at radius 3 is 2.39 bits per heavy atom. The molecule has 0 unspecified atom stereocenters. The third kappa shape index (κ3) is 3.53. The molecular formula is C14H15CsO3. The molecule has 1 atom stereocenters. The van der Waals surface area contributed by atoms with Crippen molar-refractivity contribution >= 4 is 85.6 Å². The van der Waals surface area contributed by atoms with Crippen LogP contribution in [0.3, 0.4) is 0 Å². The molecule has 0 radical (unpaired) electrons. The van der Waals surface area contributed by atoms with Crippen molar-refractivity contribution in [2.45, 2.75) is 12.8 Å². The molecule has 0 aliphatic rings. The van der Waals surface area contributed by atoms with E-state index in [2.05, 4.69) is 0 Å². The fourth-order valence-corrected chi connectivity index (χ4v) is 1.78. The number of carbonyl (C=O) groups is 1. The average Bonchev–Trinajstić information content (AvgIpc) is 2.36. The first-order valence-corrected chi connectivity index (χ1v) is 5.42. The van der Waals surface area contributed by atoms with E-state index in [9.17, 15) is 4.79 Å². The van der Waals surface area contributed by atoms with Crippen LogP contribution in [0, 0.1) is 0 Å². The van der Waals surface area contributed by atoms with Gasteiger partial charge in [0.25, 0.3) is 0 Å². The molecule has 0 bridgehead atoms. The van der Waals surface area contributed by atoms with Crippen molar-refractivity contribution in [2.24, 2.45) is 0 Å². The Balaban J connectivity index is 0.00000162.